The monoisotopic (exact) mass is 515 g/mol. The van der Waals surface area contributed by atoms with Crippen LogP contribution in [0.15, 0.2) is 52.5 Å². The first kappa shape index (κ1) is 19.7. The van der Waals surface area contributed by atoms with Gasteiger partial charge in [0, 0.05) is 16.2 Å². The van der Waals surface area contributed by atoms with Crippen molar-refractivity contribution < 1.29 is 13.2 Å². The number of sulfonamides is 1. The summed E-state index contributed by atoms with van der Waals surface area (Å²) in [5, 5.41) is 12.1. The van der Waals surface area contributed by atoms with Gasteiger partial charge in [0.2, 0.25) is 10.0 Å². The fraction of sp³-hybridized carbons (Fsp3) is 0.0625. The molecule has 0 aromatic heterocycles. The van der Waals surface area contributed by atoms with E-state index in [9.17, 15) is 13.2 Å². The van der Waals surface area contributed by atoms with Crippen LogP contribution in [0.5, 0.6) is 0 Å². The third-order valence-electron chi connectivity index (χ3n) is 3.79. The Kier molecular flexibility index (Phi) is 5.46. The second kappa shape index (κ2) is 7.50. The van der Waals surface area contributed by atoms with Gasteiger partial charge in [-0.25, -0.2) is 13.6 Å². The van der Waals surface area contributed by atoms with E-state index in [0.29, 0.717) is 5.56 Å². The van der Waals surface area contributed by atoms with Crippen LogP contribution in [0.2, 0.25) is 0 Å². The van der Waals surface area contributed by atoms with E-state index in [-0.39, 0.29) is 27.3 Å². The lowest BCUT2D eigenvalue weighted by Crippen LogP contribution is -2.30. The Morgan fingerprint density at radius 2 is 1.96 bits per heavy atom. The van der Waals surface area contributed by atoms with E-state index in [0.717, 1.165) is 9.26 Å². The number of para-hydroxylation sites is 1. The molecule has 0 spiro atoms. The smallest absolute Gasteiger partial charge is 0.279 e. The third kappa shape index (κ3) is 4.10. The minimum Gasteiger partial charge on any atom is -0.330 e. The van der Waals surface area contributed by atoms with Gasteiger partial charge < -0.3 is 10.2 Å². The number of hydrogen-bond donors (Lipinski definition) is 3. The Labute approximate surface area is 175 Å². The molecule has 1 aliphatic heterocycles. The molecular formula is C16H14IN5O3S2. The van der Waals surface area contributed by atoms with Crippen LogP contribution in [0.3, 0.4) is 0 Å². The Morgan fingerprint density at radius 3 is 2.67 bits per heavy atom. The molecule has 3 rings (SSSR count). The number of nitrogens with zero attached hydrogens (tertiary/aromatic N) is 2. The minimum atomic E-state index is -3.92. The van der Waals surface area contributed by atoms with E-state index in [1.54, 1.807) is 19.2 Å². The average molecular weight is 515 g/mol. The predicted octanol–water partition coefficient (Wildman–Crippen LogP) is 1.61. The molecule has 11 heteroatoms. The first-order chi connectivity index (χ1) is 12.7. The molecule has 1 amide bonds. The second-order valence-electron chi connectivity index (χ2n) is 5.59. The van der Waals surface area contributed by atoms with E-state index in [1.165, 1.54) is 17.0 Å². The van der Waals surface area contributed by atoms with E-state index >= 15 is 0 Å². The molecule has 2 aromatic carbocycles. The van der Waals surface area contributed by atoms with Crippen LogP contribution < -0.4 is 20.8 Å². The molecule has 27 heavy (non-hydrogen) atoms. The molecule has 0 radical (unpaired) electrons. The molecule has 0 bridgehead atoms. The number of halogens is 1. The van der Waals surface area contributed by atoms with Crippen molar-refractivity contribution in [1.29, 1.82) is 0 Å². The molecule has 2 aromatic rings. The van der Waals surface area contributed by atoms with Crippen LogP contribution in [-0.4, -0.2) is 32.2 Å². The van der Waals surface area contributed by atoms with Crippen LogP contribution in [0.25, 0.3) is 0 Å². The number of anilines is 2. The molecule has 0 atom stereocenters. The number of hydrazone groups is 1. The number of carbonyl (C=O) groups is 1. The van der Waals surface area contributed by atoms with Gasteiger partial charge in [-0.2, -0.15) is 5.10 Å². The molecular weight excluding hydrogens is 501 g/mol. The van der Waals surface area contributed by atoms with Crippen molar-refractivity contribution in [3.63, 3.8) is 0 Å². The zero-order chi connectivity index (χ0) is 19.8. The van der Waals surface area contributed by atoms with E-state index in [1.807, 2.05) is 18.2 Å². The van der Waals surface area contributed by atoms with Crippen molar-refractivity contribution in [1.82, 2.24) is 5.43 Å². The molecule has 0 aliphatic carbocycles. The number of amides is 1. The summed E-state index contributed by atoms with van der Waals surface area (Å²) in [6.07, 6.45) is 0. The van der Waals surface area contributed by atoms with E-state index in [2.05, 4.69) is 38.4 Å². The van der Waals surface area contributed by atoms with Crippen LogP contribution in [0, 0.1) is 3.57 Å². The quantitative estimate of drug-likeness (QED) is 0.325. The molecule has 1 heterocycles. The van der Waals surface area contributed by atoms with Crippen molar-refractivity contribution in [2.24, 2.45) is 10.2 Å². The average Bonchev–Trinajstić information content (AvgIpc) is 2.83. The van der Waals surface area contributed by atoms with Gasteiger partial charge in [-0.1, -0.05) is 12.1 Å². The number of fused-ring (bicyclic) bond motifs is 1. The van der Waals surface area contributed by atoms with Crippen LogP contribution in [0.1, 0.15) is 5.56 Å². The van der Waals surface area contributed by atoms with Gasteiger partial charge in [-0.05, 0) is 65.1 Å². The van der Waals surface area contributed by atoms with Crippen molar-refractivity contribution in [3.05, 3.63) is 51.6 Å². The molecule has 1 aliphatic rings. The summed E-state index contributed by atoms with van der Waals surface area (Å²) in [7, 11) is -2.26. The van der Waals surface area contributed by atoms with Crippen LogP contribution >= 0.6 is 34.8 Å². The number of rotatable bonds is 3. The lowest BCUT2D eigenvalue weighted by molar-refractivity contribution is -0.111. The lowest BCUT2D eigenvalue weighted by atomic mass is 10.1. The number of benzene rings is 2. The van der Waals surface area contributed by atoms with Gasteiger partial charge in [0.05, 0.1) is 11.4 Å². The Hall–Kier alpha value is -2.09. The predicted molar refractivity (Wildman–Crippen MR) is 116 cm³/mol. The number of hydrogen-bond acceptors (Lipinski definition) is 5. The van der Waals surface area contributed by atoms with Gasteiger partial charge in [0.25, 0.3) is 5.91 Å². The maximum absolute atomic E-state index is 12.4. The Bertz CT molecular complexity index is 1090. The number of thiocarbonyl (C=S) groups is 1. The fourth-order valence-corrected chi connectivity index (χ4v) is 3.90. The highest BCUT2D eigenvalue weighted by Gasteiger charge is 2.31. The molecule has 140 valence electrons. The summed E-state index contributed by atoms with van der Waals surface area (Å²) in [4.78, 5) is 13.8. The summed E-state index contributed by atoms with van der Waals surface area (Å²) in [5.41, 5.74) is 4.45. The van der Waals surface area contributed by atoms with Gasteiger partial charge in [0.1, 0.15) is 4.90 Å². The number of likely N-dealkylation sites (N-methyl/N-ethyl adjacent to an activating group) is 1. The molecule has 8 nitrogen and oxygen atoms in total. The summed E-state index contributed by atoms with van der Waals surface area (Å²) in [6, 6.07) is 11.7. The number of carbonyl (C=O) groups excluding carboxylic acids is 1. The standard InChI is InChI=1S/C16H14IN5O3S2/c1-22-12-7-6-9(17)8-10(12)14(15(22)23)20-21-16(26)19-11-4-2-3-5-13(11)27(18,24)25/h2-8H,1H3,(H2,18,24,25)(H2,19,21,26). The highest BCUT2D eigenvalue weighted by atomic mass is 127. The number of nitrogens with two attached hydrogens (primary N) is 1. The molecule has 0 fully saturated rings. The van der Waals surface area contributed by atoms with Crippen molar-refractivity contribution >= 4 is 72.9 Å². The maximum atomic E-state index is 12.4. The molecule has 0 saturated carbocycles. The Balaban J connectivity index is 1.83. The fourth-order valence-electron chi connectivity index (χ4n) is 2.56. The molecule has 0 unspecified atom stereocenters. The number of nitrogens with one attached hydrogen (secondary N) is 2. The SMILES string of the molecule is CN1C(=O)C(=NNC(=S)Nc2ccccc2S(N)(=O)=O)c2cc(I)ccc21. The van der Waals surface area contributed by atoms with Gasteiger partial charge >= 0.3 is 0 Å². The molecule has 0 saturated heterocycles. The van der Waals surface area contributed by atoms with E-state index < -0.39 is 10.0 Å². The largest absolute Gasteiger partial charge is 0.330 e. The first-order valence-electron chi connectivity index (χ1n) is 7.53. The summed E-state index contributed by atoms with van der Waals surface area (Å²) >= 11 is 7.31. The van der Waals surface area contributed by atoms with Crippen molar-refractivity contribution in [2.75, 3.05) is 17.3 Å². The topological polar surface area (TPSA) is 117 Å². The Morgan fingerprint density at radius 1 is 1.26 bits per heavy atom. The third-order valence-corrected chi connectivity index (χ3v) is 5.63. The zero-order valence-electron chi connectivity index (χ0n) is 13.9. The van der Waals surface area contributed by atoms with Gasteiger partial charge in [-0.15, -0.1) is 0 Å². The summed E-state index contributed by atoms with van der Waals surface area (Å²) in [6.45, 7) is 0. The van der Waals surface area contributed by atoms with Crippen molar-refractivity contribution in [2.45, 2.75) is 4.90 Å². The van der Waals surface area contributed by atoms with Gasteiger partial charge in [0.15, 0.2) is 10.8 Å². The highest BCUT2D eigenvalue weighted by Crippen LogP contribution is 2.29. The highest BCUT2D eigenvalue weighted by molar-refractivity contribution is 14.1. The number of primary sulfonamides is 1. The lowest BCUT2D eigenvalue weighted by Gasteiger charge is -2.11. The maximum Gasteiger partial charge on any atom is 0.279 e. The van der Waals surface area contributed by atoms with Crippen LogP contribution in [-0.2, 0) is 14.8 Å². The van der Waals surface area contributed by atoms with Crippen LogP contribution in [0.4, 0.5) is 11.4 Å². The summed E-state index contributed by atoms with van der Waals surface area (Å²) in [5.74, 6) is -0.271. The first-order valence-corrected chi connectivity index (χ1v) is 10.6. The van der Waals surface area contributed by atoms with E-state index in [4.69, 9.17) is 17.4 Å². The minimum absolute atomic E-state index is 0.0214. The summed E-state index contributed by atoms with van der Waals surface area (Å²) < 4.78 is 24.3. The zero-order valence-corrected chi connectivity index (χ0v) is 17.7. The van der Waals surface area contributed by atoms with Gasteiger partial charge in [-0.3, -0.25) is 10.2 Å². The normalized spacial score (nSPS) is 15.0. The second-order valence-corrected chi connectivity index (χ2v) is 8.78. The van der Waals surface area contributed by atoms with Crippen molar-refractivity contribution in [3.8, 4) is 0 Å². The molecule has 4 N–H and O–H groups in total.